The molecular formula is C16H19N3O5S. The second-order valence-corrected chi connectivity index (χ2v) is 6.19. The highest BCUT2D eigenvalue weighted by molar-refractivity contribution is 8.15. The molecule has 134 valence electrons. The van der Waals surface area contributed by atoms with Gasteiger partial charge in [0.25, 0.3) is 0 Å². The molecule has 0 spiro atoms. The van der Waals surface area contributed by atoms with Crippen LogP contribution in [0.25, 0.3) is 0 Å². The number of carbonyl (C=O) groups excluding carboxylic acids is 1. The van der Waals surface area contributed by atoms with E-state index < -0.39 is 11.2 Å². The van der Waals surface area contributed by atoms with E-state index in [1.807, 2.05) is 0 Å². The van der Waals surface area contributed by atoms with Crippen LogP contribution in [0.1, 0.15) is 18.9 Å². The van der Waals surface area contributed by atoms with E-state index in [9.17, 15) is 9.59 Å². The molecule has 0 bridgehead atoms. The first-order valence-corrected chi connectivity index (χ1v) is 8.41. The van der Waals surface area contributed by atoms with Crippen LogP contribution in [0, 0.1) is 0 Å². The van der Waals surface area contributed by atoms with Crippen molar-refractivity contribution in [1.29, 1.82) is 0 Å². The summed E-state index contributed by atoms with van der Waals surface area (Å²) >= 11 is 1.11. The van der Waals surface area contributed by atoms with Gasteiger partial charge in [0.1, 0.15) is 16.7 Å². The van der Waals surface area contributed by atoms with Crippen LogP contribution in [0.5, 0.6) is 11.5 Å². The molecule has 9 heteroatoms. The number of amidine groups is 1. The summed E-state index contributed by atoms with van der Waals surface area (Å²) in [6, 6.07) is 5.27. The maximum absolute atomic E-state index is 12.2. The molecule has 1 aliphatic heterocycles. The number of carboxylic acid groups (broad SMARTS) is 1. The van der Waals surface area contributed by atoms with Crippen molar-refractivity contribution >= 4 is 35.0 Å². The van der Waals surface area contributed by atoms with E-state index in [0.717, 1.165) is 11.8 Å². The Bertz CT molecular complexity index is 720. The summed E-state index contributed by atoms with van der Waals surface area (Å²) in [5, 5.41) is 16.7. The molecule has 1 atom stereocenters. The standard InChI is InChI=1S/C16H19N3O5S/c1-4-19-15(22)13(8-14(20)21)25-16(19)18-17-9-10-5-6-11(23-2)7-12(10)24-3/h5-7,9,13H,4,8H2,1-3H3,(H,20,21). The Morgan fingerprint density at radius 3 is 2.76 bits per heavy atom. The molecule has 2 rings (SSSR count). The number of hydrogen-bond acceptors (Lipinski definition) is 7. The van der Waals surface area contributed by atoms with Crippen LogP contribution in [0.2, 0.25) is 0 Å². The molecule has 0 aliphatic carbocycles. The van der Waals surface area contributed by atoms with Gasteiger partial charge in [-0.1, -0.05) is 11.8 Å². The molecule has 0 saturated carbocycles. The third-order valence-electron chi connectivity index (χ3n) is 3.48. The number of thioether (sulfide) groups is 1. The Kier molecular flexibility index (Phi) is 6.40. The van der Waals surface area contributed by atoms with Gasteiger partial charge in [-0.2, -0.15) is 5.10 Å². The van der Waals surface area contributed by atoms with E-state index in [-0.39, 0.29) is 12.3 Å². The van der Waals surface area contributed by atoms with Crippen molar-refractivity contribution in [3.05, 3.63) is 23.8 Å². The third kappa shape index (κ3) is 4.50. The Morgan fingerprint density at radius 2 is 2.16 bits per heavy atom. The quantitative estimate of drug-likeness (QED) is 0.584. The second kappa shape index (κ2) is 8.52. The van der Waals surface area contributed by atoms with Crippen molar-refractivity contribution < 1.29 is 24.2 Å². The van der Waals surface area contributed by atoms with Gasteiger partial charge < -0.3 is 14.6 Å². The summed E-state index contributed by atoms with van der Waals surface area (Å²) in [7, 11) is 3.11. The number of nitrogens with zero attached hydrogens (tertiary/aromatic N) is 3. The van der Waals surface area contributed by atoms with Crippen LogP contribution in [-0.4, -0.2) is 59.3 Å². The molecule has 1 N–H and O–H groups in total. The zero-order valence-electron chi connectivity index (χ0n) is 14.1. The van der Waals surface area contributed by atoms with Crippen LogP contribution in [-0.2, 0) is 9.59 Å². The van der Waals surface area contributed by atoms with Crippen LogP contribution < -0.4 is 9.47 Å². The Hall–Kier alpha value is -2.55. The van der Waals surface area contributed by atoms with Crippen LogP contribution in [0.15, 0.2) is 28.4 Å². The lowest BCUT2D eigenvalue weighted by atomic mass is 10.2. The van der Waals surface area contributed by atoms with Gasteiger partial charge in [-0.05, 0) is 19.1 Å². The lowest BCUT2D eigenvalue weighted by Gasteiger charge is -2.11. The lowest BCUT2D eigenvalue weighted by Crippen LogP contribution is -2.32. The molecular weight excluding hydrogens is 346 g/mol. The number of carbonyl (C=O) groups is 2. The summed E-state index contributed by atoms with van der Waals surface area (Å²) in [6.07, 6.45) is 1.27. The van der Waals surface area contributed by atoms with Crippen LogP contribution in [0.3, 0.4) is 0 Å². The summed E-state index contributed by atoms with van der Waals surface area (Å²) in [4.78, 5) is 24.4. The minimum absolute atomic E-state index is 0.241. The van der Waals surface area contributed by atoms with E-state index in [1.54, 1.807) is 39.3 Å². The Balaban J connectivity index is 2.18. The smallest absolute Gasteiger partial charge is 0.305 e. The molecule has 8 nitrogen and oxygen atoms in total. The fraction of sp³-hybridized carbons (Fsp3) is 0.375. The number of benzene rings is 1. The SMILES string of the molecule is CCN1C(=O)C(CC(=O)O)SC1=NN=Cc1ccc(OC)cc1OC. The largest absolute Gasteiger partial charge is 0.497 e. The normalized spacial score (nSPS) is 19.0. The number of amides is 1. The van der Waals surface area contributed by atoms with Crippen molar-refractivity contribution in [3.63, 3.8) is 0 Å². The highest BCUT2D eigenvalue weighted by Crippen LogP contribution is 2.29. The summed E-state index contributed by atoms with van der Waals surface area (Å²) in [6.45, 7) is 2.20. The maximum atomic E-state index is 12.2. The van der Waals surface area contributed by atoms with Gasteiger partial charge >= 0.3 is 5.97 Å². The molecule has 1 heterocycles. The average Bonchev–Trinajstić information content (AvgIpc) is 2.89. The van der Waals surface area contributed by atoms with E-state index in [4.69, 9.17) is 14.6 Å². The van der Waals surface area contributed by atoms with Crippen molar-refractivity contribution in [1.82, 2.24) is 4.90 Å². The van der Waals surface area contributed by atoms with E-state index >= 15 is 0 Å². The van der Waals surface area contributed by atoms with Crippen LogP contribution in [0.4, 0.5) is 0 Å². The first-order chi connectivity index (χ1) is 12.0. The van der Waals surface area contributed by atoms with Gasteiger partial charge in [0.15, 0.2) is 5.17 Å². The predicted molar refractivity (Wildman–Crippen MR) is 95.6 cm³/mol. The number of methoxy groups -OCH3 is 2. The molecule has 1 aromatic carbocycles. The topological polar surface area (TPSA) is 101 Å². The number of carboxylic acids is 1. The van der Waals surface area contributed by atoms with Gasteiger partial charge in [-0.15, -0.1) is 5.10 Å². The number of aliphatic carboxylic acids is 1. The van der Waals surface area contributed by atoms with Crippen molar-refractivity contribution in [2.75, 3.05) is 20.8 Å². The highest BCUT2D eigenvalue weighted by atomic mass is 32.2. The summed E-state index contributed by atoms with van der Waals surface area (Å²) < 4.78 is 10.4. The molecule has 1 aliphatic rings. The van der Waals surface area contributed by atoms with E-state index in [0.29, 0.717) is 28.8 Å². The van der Waals surface area contributed by atoms with Gasteiger partial charge in [-0.25, -0.2) is 0 Å². The zero-order chi connectivity index (χ0) is 18.4. The van der Waals surface area contributed by atoms with Gasteiger partial charge in [-0.3, -0.25) is 14.5 Å². The highest BCUT2D eigenvalue weighted by Gasteiger charge is 2.38. The molecule has 1 saturated heterocycles. The molecule has 0 aromatic heterocycles. The van der Waals surface area contributed by atoms with Crippen LogP contribution >= 0.6 is 11.8 Å². The predicted octanol–water partition coefficient (Wildman–Crippen LogP) is 1.83. The molecule has 1 aromatic rings. The Labute approximate surface area is 149 Å². The minimum atomic E-state index is -1.02. The lowest BCUT2D eigenvalue weighted by molar-refractivity contribution is -0.139. The van der Waals surface area contributed by atoms with Crippen molar-refractivity contribution in [3.8, 4) is 11.5 Å². The van der Waals surface area contributed by atoms with Gasteiger partial charge in [0.05, 0.1) is 26.9 Å². The van der Waals surface area contributed by atoms with E-state index in [2.05, 4.69) is 10.2 Å². The molecule has 1 fully saturated rings. The van der Waals surface area contributed by atoms with Crippen molar-refractivity contribution in [2.45, 2.75) is 18.6 Å². The van der Waals surface area contributed by atoms with Gasteiger partial charge in [0.2, 0.25) is 5.91 Å². The number of hydrogen-bond donors (Lipinski definition) is 1. The average molecular weight is 365 g/mol. The minimum Gasteiger partial charge on any atom is -0.497 e. The number of rotatable bonds is 7. The monoisotopic (exact) mass is 365 g/mol. The van der Waals surface area contributed by atoms with Gasteiger partial charge in [0, 0.05) is 18.2 Å². The van der Waals surface area contributed by atoms with E-state index in [1.165, 1.54) is 11.1 Å². The summed E-state index contributed by atoms with van der Waals surface area (Å²) in [5.74, 6) is -0.0408. The molecule has 0 radical (unpaired) electrons. The van der Waals surface area contributed by atoms with Crippen molar-refractivity contribution in [2.24, 2.45) is 10.2 Å². The first-order valence-electron chi connectivity index (χ1n) is 7.53. The Morgan fingerprint density at radius 1 is 1.40 bits per heavy atom. The molecule has 25 heavy (non-hydrogen) atoms. The third-order valence-corrected chi connectivity index (χ3v) is 4.64. The second-order valence-electron chi connectivity index (χ2n) is 5.02. The fourth-order valence-electron chi connectivity index (χ4n) is 2.23. The molecule has 1 amide bonds. The first kappa shape index (κ1) is 18.8. The zero-order valence-corrected chi connectivity index (χ0v) is 14.9. The fourth-order valence-corrected chi connectivity index (χ4v) is 3.38. The number of ether oxygens (including phenoxy) is 2. The summed E-state index contributed by atoms with van der Waals surface area (Å²) in [5.41, 5.74) is 0.701. The molecule has 1 unspecified atom stereocenters. The maximum Gasteiger partial charge on any atom is 0.305 e.